The van der Waals surface area contributed by atoms with Gasteiger partial charge in [-0.15, -0.1) is 0 Å². The number of fused-ring (bicyclic) bond motifs is 1. The molecule has 0 aliphatic heterocycles. The summed E-state index contributed by atoms with van der Waals surface area (Å²) in [6.07, 6.45) is 0.984. The SMILES string of the molecule is C=C(/C=C(/C)C=NC)[C@H](CC(=O)NC[C@H](Cc1ccc2[nH]ncc2c1)N(C)C)C1(C(F)(F)F)CC1. The molecule has 1 amide bonds. The van der Waals surface area contributed by atoms with Crippen LogP contribution in [0.3, 0.4) is 0 Å². The van der Waals surface area contributed by atoms with E-state index in [0.717, 1.165) is 16.5 Å². The van der Waals surface area contributed by atoms with Gasteiger partial charge in [0, 0.05) is 43.6 Å². The topological polar surface area (TPSA) is 73.4 Å². The molecule has 9 heteroatoms. The first-order valence-corrected chi connectivity index (χ1v) is 11.7. The number of alkyl halides is 3. The Bertz CT molecular complexity index is 1110. The number of benzene rings is 1. The van der Waals surface area contributed by atoms with Crippen molar-refractivity contribution in [3.8, 4) is 0 Å². The lowest BCUT2D eigenvalue weighted by molar-refractivity contribution is -0.199. The summed E-state index contributed by atoms with van der Waals surface area (Å²) in [7, 11) is 5.44. The third kappa shape index (κ3) is 6.39. The lowest BCUT2D eigenvalue weighted by Gasteiger charge is -2.30. The molecule has 2 aromatic rings. The van der Waals surface area contributed by atoms with E-state index in [1.807, 2.05) is 37.2 Å². The maximum Gasteiger partial charge on any atom is 0.395 e. The van der Waals surface area contributed by atoms with Crippen LogP contribution in [0, 0.1) is 11.3 Å². The Morgan fingerprint density at radius 1 is 1.37 bits per heavy atom. The van der Waals surface area contributed by atoms with Crippen LogP contribution in [0.1, 0.15) is 31.7 Å². The van der Waals surface area contributed by atoms with Crippen molar-refractivity contribution in [3.05, 3.63) is 53.8 Å². The Hall–Kier alpha value is -2.94. The molecule has 6 nitrogen and oxygen atoms in total. The minimum atomic E-state index is -4.39. The van der Waals surface area contributed by atoms with Crippen LogP contribution in [-0.4, -0.2) is 67.1 Å². The quantitative estimate of drug-likeness (QED) is 0.355. The number of hydrogen-bond acceptors (Lipinski definition) is 4. The van der Waals surface area contributed by atoms with Gasteiger partial charge in [0.2, 0.25) is 5.91 Å². The highest BCUT2D eigenvalue weighted by molar-refractivity contribution is 5.80. The highest BCUT2D eigenvalue weighted by Crippen LogP contribution is 2.64. The van der Waals surface area contributed by atoms with E-state index in [1.54, 1.807) is 32.5 Å². The first kappa shape index (κ1) is 26.7. The number of likely N-dealkylation sites (N-methyl/N-ethyl adjacent to an activating group) is 1. The molecule has 0 bridgehead atoms. The van der Waals surface area contributed by atoms with Crippen LogP contribution in [0.15, 0.2) is 53.2 Å². The number of nitrogens with one attached hydrogen (secondary N) is 2. The Labute approximate surface area is 204 Å². The molecule has 1 aliphatic carbocycles. The first-order chi connectivity index (χ1) is 16.5. The number of carbonyl (C=O) groups is 1. The van der Waals surface area contributed by atoms with Crippen molar-refractivity contribution in [2.45, 2.75) is 44.8 Å². The number of nitrogens with zero attached hydrogens (tertiary/aromatic N) is 3. The van der Waals surface area contributed by atoms with E-state index in [9.17, 15) is 18.0 Å². The number of rotatable bonds is 11. The van der Waals surface area contributed by atoms with Crippen LogP contribution >= 0.6 is 0 Å². The number of amides is 1. The average Bonchev–Trinajstić information content (AvgIpc) is 3.46. The van der Waals surface area contributed by atoms with Gasteiger partial charge in [0.1, 0.15) is 0 Å². The van der Waals surface area contributed by atoms with Crippen molar-refractivity contribution in [1.29, 1.82) is 0 Å². The molecule has 1 heterocycles. The largest absolute Gasteiger partial charge is 0.395 e. The normalized spacial score (nSPS) is 17.7. The smallest absolute Gasteiger partial charge is 0.355 e. The summed E-state index contributed by atoms with van der Waals surface area (Å²) in [6, 6.07) is 5.99. The van der Waals surface area contributed by atoms with Gasteiger partial charge in [-0.25, -0.2) is 0 Å². The highest BCUT2D eigenvalue weighted by atomic mass is 19.4. The molecule has 2 atom stereocenters. The summed E-state index contributed by atoms with van der Waals surface area (Å²) in [5.41, 5.74) is 1.16. The molecule has 35 heavy (non-hydrogen) atoms. The molecule has 0 spiro atoms. The molecule has 0 radical (unpaired) electrons. The van der Waals surface area contributed by atoms with E-state index in [4.69, 9.17) is 0 Å². The molecular weight excluding hydrogens is 455 g/mol. The maximum absolute atomic E-state index is 14.0. The van der Waals surface area contributed by atoms with Gasteiger partial charge < -0.3 is 10.2 Å². The number of carbonyl (C=O) groups excluding carboxylic acids is 1. The van der Waals surface area contributed by atoms with Crippen molar-refractivity contribution in [2.75, 3.05) is 27.7 Å². The minimum absolute atomic E-state index is 0.0129. The summed E-state index contributed by atoms with van der Waals surface area (Å²) in [4.78, 5) is 18.8. The average molecular weight is 490 g/mol. The van der Waals surface area contributed by atoms with Crippen LogP contribution in [-0.2, 0) is 11.2 Å². The minimum Gasteiger partial charge on any atom is -0.355 e. The number of aromatic nitrogens is 2. The Morgan fingerprint density at radius 3 is 2.69 bits per heavy atom. The number of aliphatic imine (C=N–C) groups is 1. The number of halogens is 3. The predicted octanol–water partition coefficient (Wildman–Crippen LogP) is 4.70. The lowest BCUT2D eigenvalue weighted by atomic mass is 9.79. The van der Waals surface area contributed by atoms with Gasteiger partial charge in [0.05, 0.1) is 17.1 Å². The standard InChI is InChI=1S/C26H34F3N5O/c1-17(14-30-3)10-18(2)22(25(8-9-25)26(27,28)29)13-24(35)31-16-21(34(4)5)12-19-6-7-23-20(11-19)15-32-33-23/h6-7,10-11,14-15,21-22H,2,8-9,12-13,16H2,1,3-5H3,(H,31,35)(H,32,33)/b17-10-,30-14?/t21-,22-/m0/s1. The summed E-state index contributed by atoms with van der Waals surface area (Å²) in [5, 5.41) is 10.8. The van der Waals surface area contributed by atoms with Crippen LogP contribution < -0.4 is 5.32 Å². The molecule has 1 aromatic heterocycles. The zero-order valence-corrected chi connectivity index (χ0v) is 20.7. The zero-order chi connectivity index (χ0) is 25.8. The first-order valence-electron chi connectivity index (χ1n) is 11.7. The van der Waals surface area contributed by atoms with Crippen molar-refractivity contribution < 1.29 is 18.0 Å². The van der Waals surface area contributed by atoms with Gasteiger partial charge in [-0.3, -0.25) is 14.9 Å². The van der Waals surface area contributed by atoms with Crippen molar-refractivity contribution >= 4 is 23.0 Å². The third-order valence-corrected chi connectivity index (χ3v) is 6.84. The van der Waals surface area contributed by atoms with E-state index in [0.29, 0.717) is 24.1 Å². The highest BCUT2D eigenvalue weighted by Gasteiger charge is 2.67. The maximum atomic E-state index is 14.0. The molecule has 1 aliphatic rings. The van der Waals surface area contributed by atoms with Crippen molar-refractivity contribution in [2.24, 2.45) is 16.3 Å². The molecule has 190 valence electrons. The van der Waals surface area contributed by atoms with E-state index >= 15 is 0 Å². The number of allylic oxidation sites excluding steroid dienone is 3. The number of H-pyrrole nitrogens is 1. The molecule has 2 N–H and O–H groups in total. The summed E-state index contributed by atoms with van der Waals surface area (Å²) in [5.74, 6) is -1.41. The molecule has 0 unspecified atom stereocenters. The van der Waals surface area contributed by atoms with Gasteiger partial charge in [-0.05, 0) is 63.6 Å². The van der Waals surface area contributed by atoms with Crippen molar-refractivity contribution in [3.63, 3.8) is 0 Å². The zero-order valence-electron chi connectivity index (χ0n) is 20.7. The second-order valence-corrected chi connectivity index (χ2v) is 9.68. The van der Waals surface area contributed by atoms with E-state index in [1.165, 1.54) is 0 Å². The Kier molecular flexibility index (Phi) is 8.20. The van der Waals surface area contributed by atoms with Crippen LogP contribution in [0.2, 0.25) is 0 Å². The molecule has 3 rings (SSSR count). The summed E-state index contributed by atoms with van der Waals surface area (Å²) >= 11 is 0. The van der Waals surface area contributed by atoms with Gasteiger partial charge in [-0.1, -0.05) is 24.3 Å². The lowest BCUT2D eigenvalue weighted by Crippen LogP contribution is -2.43. The van der Waals surface area contributed by atoms with E-state index in [2.05, 4.69) is 27.1 Å². The van der Waals surface area contributed by atoms with Crippen LogP contribution in [0.4, 0.5) is 13.2 Å². The van der Waals surface area contributed by atoms with Gasteiger partial charge >= 0.3 is 6.18 Å². The fourth-order valence-electron chi connectivity index (χ4n) is 4.60. The van der Waals surface area contributed by atoms with Gasteiger partial charge in [0.25, 0.3) is 0 Å². The Morgan fingerprint density at radius 2 is 2.09 bits per heavy atom. The summed E-state index contributed by atoms with van der Waals surface area (Å²) in [6.45, 7) is 6.00. The molecule has 1 aromatic carbocycles. The number of aromatic amines is 1. The fraction of sp³-hybridized carbons (Fsp3) is 0.500. The van der Waals surface area contributed by atoms with Gasteiger partial charge in [-0.2, -0.15) is 18.3 Å². The monoisotopic (exact) mass is 489 g/mol. The third-order valence-electron chi connectivity index (χ3n) is 6.84. The van der Waals surface area contributed by atoms with E-state index < -0.39 is 23.4 Å². The van der Waals surface area contributed by atoms with Crippen LogP contribution in [0.25, 0.3) is 10.9 Å². The second-order valence-electron chi connectivity index (χ2n) is 9.68. The van der Waals surface area contributed by atoms with Gasteiger partial charge in [0.15, 0.2) is 0 Å². The molecule has 1 saturated carbocycles. The second kappa shape index (κ2) is 10.8. The fourth-order valence-corrected chi connectivity index (χ4v) is 4.60. The molecule has 1 fully saturated rings. The van der Waals surface area contributed by atoms with Crippen LogP contribution in [0.5, 0.6) is 0 Å². The van der Waals surface area contributed by atoms with Crippen molar-refractivity contribution in [1.82, 2.24) is 20.4 Å². The Balaban J connectivity index is 1.69. The summed E-state index contributed by atoms with van der Waals surface area (Å²) < 4.78 is 41.9. The molecule has 0 saturated heterocycles. The van der Waals surface area contributed by atoms with E-state index in [-0.39, 0.29) is 25.3 Å². The molecular formula is C26H34F3N5O. The number of hydrogen-bond donors (Lipinski definition) is 2. The predicted molar refractivity (Wildman–Crippen MR) is 133 cm³/mol.